The molecule has 0 bridgehead atoms. The van der Waals surface area contributed by atoms with E-state index < -0.39 is 17.8 Å². The molecule has 3 nitrogen and oxygen atoms in total. The molecule has 1 rings (SSSR count). The summed E-state index contributed by atoms with van der Waals surface area (Å²) in [5, 5.41) is 12.6. The van der Waals surface area contributed by atoms with Gasteiger partial charge >= 0.3 is 6.18 Å². The zero-order valence-electron chi connectivity index (χ0n) is 12.1. The second kappa shape index (κ2) is 9.02. The molecular formula is C15H22F3NO2. The highest BCUT2D eigenvalue weighted by Gasteiger charge is 2.29. The summed E-state index contributed by atoms with van der Waals surface area (Å²) in [5.41, 5.74) is 0.0812. The number of hydrogen-bond acceptors (Lipinski definition) is 3. The number of benzene rings is 1. The molecule has 6 heteroatoms. The molecule has 0 fully saturated rings. The van der Waals surface area contributed by atoms with Crippen LogP contribution in [-0.2, 0) is 17.5 Å². The van der Waals surface area contributed by atoms with E-state index in [1.165, 1.54) is 12.1 Å². The van der Waals surface area contributed by atoms with Crippen LogP contribution in [0.15, 0.2) is 24.3 Å². The van der Waals surface area contributed by atoms with E-state index in [2.05, 4.69) is 12.2 Å². The Hall–Kier alpha value is -1.11. The number of alkyl halides is 3. The predicted molar refractivity (Wildman–Crippen MR) is 74.9 cm³/mol. The fourth-order valence-electron chi connectivity index (χ4n) is 1.72. The highest BCUT2D eigenvalue weighted by molar-refractivity contribution is 5.24. The van der Waals surface area contributed by atoms with Crippen LogP contribution in [0, 0.1) is 0 Å². The summed E-state index contributed by atoms with van der Waals surface area (Å²) in [7, 11) is 0. The number of aliphatic hydroxyl groups excluding tert-OH is 1. The van der Waals surface area contributed by atoms with E-state index >= 15 is 0 Å². The predicted octanol–water partition coefficient (Wildman–Crippen LogP) is 2.97. The van der Waals surface area contributed by atoms with E-state index in [4.69, 9.17) is 4.74 Å². The van der Waals surface area contributed by atoms with Gasteiger partial charge in [-0.2, -0.15) is 13.2 Å². The summed E-state index contributed by atoms with van der Waals surface area (Å²) in [6, 6.07) is 4.97. The van der Waals surface area contributed by atoms with Crippen LogP contribution in [0.2, 0.25) is 0 Å². The Morgan fingerprint density at radius 2 is 1.90 bits per heavy atom. The van der Waals surface area contributed by atoms with E-state index in [0.717, 1.165) is 30.5 Å². The minimum absolute atomic E-state index is 0.264. The standard InChI is InChI=1S/C15H22F3NO2/c1-2-3-8-21-11-14(20)10-19-9-12-4-6-13(7-5-12)15(16,17)18/h4-7,14,19-20H,2-3,8-11H2,1H3. The molecule has 0 spiro atoms. The van der Waals surface area contributed by atoms with Crippen molar-refractivity contribution in [1.29, 1.82) is 0 Å². The van der Waals surface area contributed by atoms with Crippen molar-refractivity contribution < 1.29 is 23.0 Å². The first-order valence-electron chi connectivity index (χ1n) is 7.06. The summed E-state index contributed by atoms with van der Waals surface area (Å²) in [4.78, 5) is 0. The zero-order chi connectivity index (χ0) is 15.7. The molecule has 0 aliphatic carbocycles. The largest absolute Gasteiger partial charge is 0.416 e. The van der Waals surface area contributed by atoms with Gasteiger partial charge in [0.1, 0.15) is 0 Å². The summed E-state index contributed by atoms with van der Waals surface area (Å²) < 4.78 is 42.4. The molecule has 1 atom stereocenters. The van der Waals surface area contributed by atoms with Crippen molar-refractivity contribution in [2.75, 3.05) is 19.8 Å². The van der Waals surface area contributed by atoms with E-state index in [0.29, 0.717) is 19.7 Å². The number of aliphatic hydroxyl groups is 1. The summed E-state index contributed by atoms with van der Waals surface area (Å²) in [6.07, 6.45) is -2.91. The molecule has 1 aromatic rings. The van der Waals surface area contributed by atoms with Crippen LogP contribution >= 0.6 is 0 Å². The van der Waals surface area contributed by atoms with Crippen molar-refractivity contribution in [3.8, 4) is 0 Å². The van der Waals surface area contributed by atoms with Crippen LogP contribution in [-0.4, -0.2) is 31.0 Å². The Balaban J connectivity index is 2.23. The lowest BCUT2D eigenvalue weighted by molar-refractivity contribution is -0.137. The first kappa shape index (κ1) is 17.9. The van der Waals surface area contributed by atoms with Crippen LogP contribution in [0.3, 0.4) is 0 Å². The van der Waals surface area contributed by atoms with E-state index in [9.17, 15) is 18.3 Å². The van der Waals surface area contributed by atoms with Gasteiger partial charge in [-0.3, -0.25) is 0 Å². The van der Waals surface area contributed by atoms with Crippen LogP contribution < -0.4 is 5.32 Å². The Bertz CT molecular complexity index is 393. The van der Waals surface area contributed by atoms with Crippen molar-refractivity contribution in [2.45, 2.75) is 38.6 Å². The topological polar surface area (TPSA) is 41.5 Å². The van der Waals surface area contributed by atoms with Gasteiger partial charge < -0.3 is 15.2 Å². The molecule has 0 radical (unpaired) electrons. The van der Waals surface area contributed by atoms with Crippen LogP contribution in [0.25, 0.3) is 0 Å². The third-order valence-corrected chi connectivity index (χ3v) is 2.94. The molecule has 120 valence electrons. The number of hydrogen-bond donors (Lipinski definition) is 2. The molecule has 0 aliphatic heterocycles. The molecule has 21 heavy (non-hydrogen) atoms. The van der Waals surface area contributed by atoms with Crippen LogP contribution in [0.1, 0.15) is 30.9 Å². The van der Waals surface area contributed by atoms with Gasteiger partial charge in [0.05, 0.1) is 18.3 Å². The third-order valence-electron chi connectivity index (χ3n) is 2.94. The van der Waals surface area contributed by atoms with Gasteiger partial charge in [0.2, 0.25) is 0 Å². The first-order valence-corrected chi connectivity index (χ1v) is 7.06. The maximum Gasteiger partial charge on any atom is 0.416 e. The number of ether oxygens (including phenoxy) is 1. The van der Waals surface area contributed by atoms with E-state index in [1.54, 1.807) is 0 Å². The average Bonchev–Trinajstić information content (AvgIpc) is 2.43. The summed E-state index contributed by atoms with van der Waals surface area (Å²) in [5.74, 6) is 0. The van der Waals surface area contributed by atoms with Crippen LogP contribution in [0.5, 0.6) is 0 Å². The SMILES string of the molecule is CCCCOCC(O)CNCc1ccc(C(F)(F)F)cc1. The second-order valence-corrected chi connectivity index (χ2v) is 4.91. The lowest BCUT2D eigenvalue weighted by Gasteiger charge is -2.13. The van der Waals surface area contributed by atoms with E-state index in [-0.39, 0.29) is 6.61 Å². The smallest absolute Gasteiger partial charge is 0.389 e. The molecule has 0 saturated carbocycles. The van der Waals surface area contributed by atoms with Gasteiger partial charge in [0.15, 0.2) is 0 Å². The molecule has 0 aromatic heterocycles. The minimum atomic E-state index is -4.31. The van der Waals surface area contributed by atoms with Crippen molar-refractivity contribution in [3.63, 3.8) is 0 Å². The summed E-state index contributed by atoms with van der Waals surface area (Å²) in [6.45, 7) is 3.70. The Morgan fingerprint density at radius 3 is 2.48 bits per heavy atom. The molecule has 0 aliphatic rings. The number of nitrogens with one attached hydrogen (secondary N) is 1. The monoisotopic (exact) mass is 305 g/mol. The normalized spacial score (nSPS) is 13.4. The first-order chi connectivity index (χ1) is 9.93. The zero-order valence-corrected chi connectivity index (χ0v) is 12.1. The average molecular weight is 305 g/mol. The molecule has 0 saturated heterocycles. The van der Waals surface area contributed by atoms with Crippen LogP contribution in [0.4, 0.5) is 13.2 Å². The van der Waals surface area contributed by atoms with Gasteiger partial charge in [-0.25, -0.2) is 0 Å². The van der Waals surface area contributed by atoms with E-state index in [1.807, 2.05) is 0 Å². The van der Waals surface area contributed by atoms with Crippen molar-refractivity contribution in [1.82, 2.24) is 5.32 Å². The van der Waals surface area contributed by atoms with Gasteiger partial charge in [-0.15, -0.1) is 0 Å². The molecule has 0 heterocycles. The molecule has 2 N–H and O–H groups in total. The van der Waals surface area contributed by atoms with Gasteiger partial charge in [0, 0.05) is 19.7 Å². The molecular weight excluding hydrogens is 283 g/mol. The molecule has 1 aromatic carbocycles. The lowest BCUT2D eigenvalue weighted by Crippen LogP contribution is -2.30. The van der Waals surface area contributed by atoms with Crippen molar-refractivity contribution >= 4 is 0 Å². The Labute approximate surface area is 123 Å². The molecule has 0 amide bonds. The Morgan fingerprint density at radius 1 is 1.24 bits per heavy atom. The minimum Gasteiger partial charge on any atom is -0.389 e. The Kier molecular flexibility index (Phi) is 7.71. The van der Waals surface area contributed by atoms with Gasteiger partial charge in [-0.05, 0) is 24.1 Å². The lowest BCUT2D eigenvalue weighted by atomic mass is 10.1. The number of halogens is 3. The van der Waals surface area contributed by atoms with Crippen molar-refractivity contribution in [3.05, 3.63) is 35.4 Å². The summed E-state index contributed by atoms with van der Waals surface area (Å²) >= 11 is 0. The van der Waals surface area contributed by atoms with Gasteiger partial charge in [0.25, 0.3) is 0 Å². The maximum absolute atomic E-state index is 12.4. The quantitative estimate of drug-likeness (QED) is 0.689. The highest BCUT2D eigenvalue weighted by atomic mass is 19.4. The van der Waals surface area contributed by atoms with Crippen molar-refractivity contribution in [2.24, 2.45) is 0 Å². The fourth-order valence-corrected chi connectivity index (χ4v) is 1.72. The number of unbranched alkanes of at least 4 members (excludes halogenated alkanes) is 1. The highest BCUT2D eigenvalue weighted by Crippen LogP contribution is 2.28. The fraction of sp³-hybridized carbons (Fsp3) is 0.600. The number of rotatable bonds is 9. The second-order valence-electron chi connectivity index (χ2n) is 4.91. The van der Waals surface area contributed by atoms with Gasteiger partial charge in [-0.1, -0.05) is 25.5 Å². The molecule has 1 unspecified atom stereocenters. The third kappa shape index (κ3) is 7.45. The maximum atomic E-state index is 12.4.